The number of hydrogen-bond donors (Lipinski definition) is 2. The zero-order valence-electron chi connectivity index (χ0n) is 22.0. The van der Waals surface area contributed by atoms with Crippen LogP contribution in [0.3, 0.4) is 0 Å². The van der Waals surface area contributed by atoms with Crippen molar-refractivity contribution in [2.24, 2.45) is 17.3 Å². The molecule has 7 atom stereocenters. The molecule has 0 aromatic carbocycles. The molecule has 3 heterocycles. The molecule has 0 bridgehead atoms. The molecule has 2 saturated heterocycles. The number of ether oxygens (including phenoxy) is 2. The topological polar surface area (TPSA) is 109 Å². The molecular formula is C27H41NO6S. The van der Waals surface area contributed by atoms with Crippen molar-refractivity contribution in [2.45, 2.75) is 111 Å². The third kappa shape index (κ3) is 6.59. The van der Waals surface area contributed by atoms with Gasteiger partial charge in [-0.25, -0.2) is 4.98 Å². The average Bonchev–Trinajstić information content (AvgIpc) is 3.22. The standard InChI is InChI=1S/C27H41NO6S/c1-15-9-8-10-27(7)22(34-27)12-20(16(2)11-19-14-35-18(4)28-19)33-23(30)13-21(29)26(5,6)25(32)17(3)24(15)31/h11,14-15,17,20-22,24,29,31H,8-10,12-13H2,1-7H3/b16-11+/t15?,17-,20?,21+,22?,24+,27?/m1/s1. The van der Waals surface area contributed by atoms with E-state index in [1.54, 1.807) is 32.1 Å². The second-order valence-corrected chi connectivity index (χ2v) is 12.3. The Balaban J connectivity index is 1.85. The number of carbonyl (C=O) groups is 2. The van der Waals surface area contributed by atoms with Crippen molar-refractivity contribution >= 4 is 29.2 Å². The number of hydrogen-bond acceptors (Lipinski definition) is 8. The fraction of sp³-hybridized carbons (Fsp3) is 0.741. The molecule has 1 aromatic heterocycles. The highest BCUT2D eigenvalue weighted by Gasteiger charge is 2.53. The summed E-state index contributed by atoms with van der Waals surface area (Å²) in [5.74, 6) is -1.55. The van der Waals surface area contributed by atoms with Gasteiger partial charge in [0, 0.05) is 17.7 Å². The maximum Gasteiger partial charge on any atom is 0.309 e. The van der Waals surface area contributed by atoms with E-state index in [9.17, 15) is 19.8 Å². The van der Waals surface area contributed by atoms with E-state index in [0.29, 0.717) is 6.42 Å². The number of aliphatic hydroxyl groups is 2. The van der Waals surface area contributed by atoms with Crippen LogP contribution in [0.2, 0.25) is 0 Å². The van der Waals surface area contributed by atoms with Gasteiger partial charge in [0.2, 0.25) is 0 Å². The van der Waals surface area contributed by atoms with Crippen LogP contribution in [0.4, 0.5) is 0 Å². The van der Waals surface area contributed by atoms with Crippen LogP contribution in [0.15, 0.2) is 11.0 Å². The second-order valence-electron chi connectivity index (χ2n) is 11.3. The summed E-state index contributed by atoms with van der Waals surface area (Å²) in [4.78, 5) is 30.6. The minimum absolute atomic E-state index is 0.0455. The lowest BCUT2D eigenvalue weighted by atomic mass is 9.73. The van der Waals surface area contributed by atoms with E-state index in [1.807, 2.05) is 32.2 Å². The Hall–Kier alpha value is -1.61. The highest BCUT2D eigenvalue weighted by molar-refractivity contribution is 7.09. The van der Waals surface area contributed by atoms with Crippen LogP contribution in [0.5, 0.6) is 0 Å². The number of nitrogens with zero attached hydrogens (tertiary/aromatic N) is 1. The number of Topliss-reactive ketones (excluding diaryl/α,β-unsaturated/α-hetero) is 1. The van der Waals surface area contributed by atoms with Gasteiger partial charge in [-0.15, -0.1) is 11.3 Å². The Morgan fingerprint density at radius 2 is 1.91 bits per heavy atom. The number of fused-ring (bicyclic) bond motifs is 1. The highest BCUT2D eigenvalue weighted by atomic mass is 32.1. The average molecular weight is 508 g/mol. The van der Waals surface area contributed by atoms with Crippen molar-refractivity contribution < 1.29 is 29.3 Å². The summed E-state index contributed by atoms with van der Waals surface area (Å²) in [6.45, 7) is 12.8. The van der Waals surface area contributed by atoms with E-state index < -0.39 is 35.6 Å². The lowest BCUT2D eigenvalue weighted by Gasteiger charge is -2.34. The normalized spacial score (nSPS) is 37.5. The SMILES string of the molecule is C/C(=C\c1csc(C)n1)C1CC2OC2(C)CCCC(C)[C@H](O)[C@@H](C)C(=O)C(C)(C)[C@@H](O)CC(=O)O1. The van der Waals surface area contributed by atoms with Gasteiger partial charge in [-0.1, -0.05) is 34.1 Å². The van der Waals surface area contributed by atoms with Gasteiger partial charge in [0.25, 0.3) is 0 Å². The van der Waals surface area contributed by atoms with Crippen LogP contribution in [-0.4, -0.2) is 57.0 Å². The molecule has 2 aliphatic rings. The maximum absolute atomic E-state index is 13.2. The van der Waals surface area contributed by atoms with Crippen LogP contribution < -0.4 is 0 Å². The molecule has 2 N–H and O–H groups in total. The monoisotopic (exact) mass is 507 g/mol. The molecule has 3 rings (SSSR count). The fourth-order valence-corrected chi connectivity index (χ4v) is 5.64. The van der Waals surface area contributed by atoms with E-state index in [0.717, 1.165) is 35.5 Å². The summed E-state index contributed by atoms with van der Waals surface area (Å²) in [5, 5.41) is 24.6. The molecule has 35 heavy (non-hydrogen) atoms. The first kappa shape index (κ1) is 28.0. The first-order valence-corrected chi connectivity index (χ1v) is 13.5. The molecule has 2 aliphatic heterocycles. The first-order chi connectivity index (χ1) is 16.2. The molecule has 7 nitrogen and oxygen atoms in total. The molecule has 8 heteroatoms. The number of aryl methyl sites for hydroxylation is 1. The van der Waals surface area contributed by atoms with Gasteiger partial charge in [0.1, 0.15) is 11.9 Å². The molecule has 196 valence electrons. The first-order valence-electron chi connectivity index (χ1n) is 12.6. The summed E-state index contributed by atoms with van der Waals surface area (Å²) in [6.07, 6.45) is 1.98. The Bertz CT molecular complexity index is 955. The van der Waals surface area contributed by atoms with Crippen molar-refractivity contribution in [2.75, 3.05) is 0 Å². The number of aliphatic hydroxyl groups excluding tert-OH is 2. The van der Waals surface area contributed by atoms with E-state index in [1.165, 1.54) is 0 Å². The number of carbonyl (C=O) groups excluding carboxylic acids is 2. The van der Waals surface area contributed by atoms with Gasteiger partial charge >= 0.3 is 5.97 Å². The smallest absolute Gasteiger partial charge is 0.309 e. The van der Waals surface area contributed by atoms with Crippen LogP contribution in [-0.2, 0) is 19.1 Å². The molecule has 0 spiro atoms. The van der Waals surface area contributed by atoms with Crippen LogP contribution in [0, 0.1) is 24.2 Å². The molecule has 0 radical (unpaired) electrons. The third-order valence-corrected chi connectivity index (χ3v) is 8.72. The lowest BCUT2D eigenvalue weighted by Crippen LogP contribution is -2.45. The predicted octanol–water partition coefficient (Wildman–Crippen LogP) is 4.48. The maximum atomic E-state index is 13.2. The number of esters is 1. The summed E-state index contributed by atoms with van der Waals surface area (Å²) in [6, 6.07) is 0. The number of thiazole rings is 1. The molecule has 0 amide bonds. The van der Waals surface area contributed by atoms with E-state index in [4.69, 9.17) is 9.47 Å². The molecule has 0 saturated carbocycles. The molecule has 4 unspecified atom stereocenters. The number of aromatic nitrogens is 1. The van der Waals surface area contributed by atoms with Gasteiger partial charge in [-0.3, -0.25) is 9.59 Å². The fourth-order valence-electron chi connectivity index (χ4n) is 5.07. The highest BCUT2D eigenvalue weighted by Crippen LogP contribution is 2.45. The zero-order chi connectivity index (χ0) is 26.1. The van der Waals surface area contributed by atoms with E-state index in [2.05, 4.69) is 11.9 Å². The predicted molar refractivity (Wildman–Crippen MR) is 136 cm³/mol. The van der Waals surface area contributed by atoms with Crippen molar-refractivity contribution in [1.29, 1.82) is 0 Å². The molecule has 1 aromatic rings. The van der Waals surface area contributed by atoms with Crippen molar-refractivity contribution in [3.63, 3.8) is 0 Å². The van der Waals surface area contributed by atoms with Gasteiger partial charge < -0.3 is 19.7 Å². The third-order valence-electron chi connectivity index (χ3n) is 7.93. The van der Waals surface area contributed by atoms with E-state index in [-0.39, 0.29) is 29.8 Å². The Labute approximate surface area is 212 Å². The van der Waals surface area contributed by atoms with Gasteiger partial charge in [0.15, 0.2) is 0 Å². The summed E-state index contributed by atoms with van der Waals surface area (Å²) in [5.41, 5.74) is 0.179. The summed E-state index contributed by atoms with van der Waals surface area (Å²) >= 11 is 1.56. The largest absolute Gasteiger partial charge is 0.458 e. The Kier molecular flexibility index (Phi) is 8.62. The number of rotatable bonds is 2. The summed E-state index contributed by atoms with van der Waals surface area (Å²) < 4.78 is 11.9. The van der Waals surface area contributed by atoms with Gasteiger partial charge in [-0.2, -0.15) is 0 Å². The number of epoxide rings is 1. The van der Waals surface area contributed by atoms with Crippen molar-refractivity contribution in [1.82, 2.24) is 4.98 Å². The van der Waals surface area contributed by atoms with Crippen LogP contribution in [0.25, 0.3) is 6.08 Å². The van der Waals surface area contributed by atoms with Crippen molar-refractivity contribution in [3.8, 4) is 0 Å². The lowest BCUT2D eigenvalue weighted by molar-refractivity contribution is -0.154. The zero-order valence-corrected chi connectivity index (χ0v) is 22.9. The van der Waals surface area contributed by atoms with Crippen LogP contribution >= 0.6 is 11.3 Å². The molecule has 2 fully saturated rings. The Morgan fingerprint density at radius 1 is 1.23 bits per heavy atom. The second kappa shape index (κ2) is 10.8. The van der Waals surface area contributed by atoms with E-state index >= 15 is 0 Å². The Morgan fingerprint density at radius 3 is 2.54 bits per heavy atom. The summed E-state index contributed by atoms with van der Waals surface area (Å²) in [7, 11) is 0. The quantitative estimate of drug-likeness (QED) is 0.449. The van der Waals surface area contributed by atoms with Gasteiger partial charge in [0.05, 0.1) is 46.5 Å². The van der Waals surface area contributed by atoms with Gasteiger partial charge in [-0.05, 0) is 51.2 Å². The van der Waals surface area contributed by atoms with Crippen molar-refractivity contribution in [3.05, 3.63) is 21.7 Å². The number of ketones is 1. The minimum Gasteiger partial charge on any atom is -0.458 e. The molecule has 0 aliphatic carbocycles. The number of cyclic esters (lactones) is 1. The van der Waals surface area contributed by atoms with Crippen LogP contribution in [0.1, 0.15) is 84.3 Å². The molecular weight excluding hydrogens is 466 g/mol. The minimum atomic E-state index is -1.23.